The lowest BCUT2D eigenvalue weighted by atomic mass is 10.1. The van der Waals surface area contributed by atoms with Gasteiger partial charge in [-0.25, -0.2) is 9.36 Å². The minimum absolute atomic E-state index is 0.119. The van der Waals surface area contributed by atoms with Crippen molar-refractivity contribution in [1.82, 2.24) is 5.32 Å². The first-order valence-corrected chi connectivity index (χ1v) is 15.9. The summed E-state index contributed by atoms with van der Waals surface area (Å²) in [6.07, 6.45) is 19.5. The minimum Gasteiger partial charge on any atom is -0.480 e. The molecule has 4 N–H and O–H groups in total. The molecule has 40 heavy (non-hydrogen) atoms. The number of carbonyl (C=O) groups is 3. The molecule has 0 rings (SSSR count). The topological polar surface area (TPSA) is 169 Å². The van der Waals surface area contributed by atoms with E-state index < -0.39 is 57.6 Å². The van der Waals surface area contributed by atoms with E-state index >= 15 is 0 Å². The second-order valence-electron chi connectivity index (χ2n) is 9.59. The first kappa shape index (κ1) is 38.0. The van der Waals surface area contributed by atoms with E-state index in [0.29, 0.717) is 12.8 Å². The van der Waals surface area contributed by atoms with Gasteiger partial charge < -0.3 is 25.2 Å². The number of aliphatic carboxylic acids is 1. The van der Waals surface area contributed by atoms with E-state index in [1.165, 1.54) is 12.8 Å². The molecule has 0 aromatic heterocycles. The Morgan fingerprint density at radius 3 is 2.05 bits per heavy atom. The van der Waals surface area contributed by atoms with Crippen LogP contribution in [-0.4, -0.2) is 64.9 Å². The van der Waals surface area contributed by atoms with Gasteiger partial charge in [-0.3, -0.25) is 18.6 Å². The fourth-order valence-corrected chi connectivity index (χ4v) is 4.14. The average Bonchev–Trinajstić information content (AvgIpc) is 2.91. The number of aliphatic hydroxyl groups excluding tert-OH is 1. The second-order valence-corrected chi connectivity index (χ2v) is 11.0. The van der Waals surface area contributed by atoms with Crippen LogP contribution in [0.25, 0.3) is 0 Å². The number of allylic oxidation sites excluding steroid dienone is 4. The standard InChI is InChI=1S/C28H50NO10P/c1-3-5-7-8-9-10-11-12-13-14-15-16-17-18-20-27(32)37-21-24(30)22-38-40(35,36)39-23-25(28(33)34)29-26(31)19-6-4-2/h8-9,11-12,24-25,30H,3-7,10,13-23H2,1-2H3,(H,29,31)(H,33,34)(H,35,36)/b9-8-,12-11-. The molecule has 3 atom stereocenters. The van der Waals surface area contributed by atoms with Gasteiger partial charge in [0.2, 0.25) is 5.91 Å². The lowest BCUT2D eigenvalue weighted by Crippen LogP contribution is -2.43. The predicted octanol–water partition coefficient (Wildman–Crippen LogP) is 5.21. The third-order valence-corrected chi connectivity index (χ3v) is 6.69. The third kappa shape index (κ3) is 23.8. The summed E-state index contributed by atoms with van der Waals surface area (Å²) in [6.45, 7) is 2.15. The Morgan fingerprint density at radius 1 is 0.800 bits per heavy atom. The molecule has 0 saturated carbocycles. The number of rotatable bonds is 26. The Bertz CT molecular complexity index is 802. The maximum absolute atomic E-state index is 12.0. The summed E-state index contributed by atoms with van der Waals surface area (Å²) in [5.41, 5.74) is 0. The molecule has 0 spiro atoms. The Kier molecular flexibility index (Phi) is 23.5. The SMILES string of the molecule is CCCC/C=C\C/C=C\CCCCCCCC(=O)OCC(O)COP(=O)(O)OCC(NC(=O)CCCC)C(=O)O. The van der Waals surface area contributed by atoms with Crippen molar-refractivity contribution in [3.63, 3.8) is 0 Å². The zero-order chi connectivity index (χ0) is 30.1. The van der Waals surface area contributed by atoms with Crippen LogP contribution in [0.2, 0.25) is 0 Å². The fraction of sp³-hybridized carbons (Fsp3) is 0.750. The van der Waals surface area contributed by atoms with Crippen molar-refractivity contribution in [2.75, 3.05) is 19.8 Å². The van der Waals surface area contributed by atoms with E-state index in [1.807, 2.05) is 6.92 Å². The van der Waals surface area contributed by atoms with Gasteiger partial charge in [-0.15, -0.1) is 0 Å². The van der Waals surface area contributed by atoms with Crippen molar-refractivity contribution in [2.45, 2.75) is 116 Å². The van der Waals surface area contributed by atoms with E-state index in [4.69, 9.17) is 9.84 Å². The van der Waals surface area contributed by atoms with Crippen molar-refractivity contribution in [3.8, 4) is 0 Å². The van der Waals surface area contributed by atoms with Crippen LogP contribution in [0.15, 0.2) is 24.3 Å². The van der Waals surface area contributed by atoms with E-state index in [9.17, 15) is 28.9 Å². The smallest absolute Gasteiger partial charge is 0.472 e. The molecule has 1 amide bonds. The van der Waals surface area contributed by atoms with Crippen molar-refractivity contribution in [3.05, 3.63) is 24.3 Å². The molecule has 12 heteroatoms. The monoisotopic (exact) mass is 591 g/mol. The van der Waals surface area contributed by atoms with Gasteiger partial charge in [-0.05, 0) is 38.5 Å². The number of nitrogens with one attached hydrogen (secondary N) is 1. The Balaban J connectivity index is 3.94. The number of aliphatic hydroxyl groups is 1. The molecule has 0 fully saturated rings. The minimum atomic E-state index is -4.72. The lowest BCUT2D eigenvalue weighted by Gasteiger charge is -2.18. The van der Waals surface area contributed by atoms with Gasteiger partial charge in [0.1, 0.15) is 12.7 Å². The van der Waals surface area contributed by atoms with Gasteiger partial charge >= 0.3 is 19.8 Å². The quantitative estimate of drug-likeness (QED) is 0.0453. The molecule has 0 saturated heterocycles. The molecule has 0 bridgehead atoms. The predicted molar refractivity (Wildman–Crippen MR) is 153 cm³/mol. The summed E-state index contributed by atoms with van der Waals surface area (Å²) in [4.78, 5) is 44.5. The molecule has 0 radical (unpaired) electrons. The Hall–Kier alpha value is -2.04. The Morgan fingerprint density at radius 2 is 1.40 bits per heavy atom. The van der Waals surface area contributed by atoms with Crippen molar-refractivity contribution in [1.29, 1.82) is 0 Å². The van der Waals surface area contributed by atoms with E-state index in [0.717, 1.165) is 51.4 Å². The highest BCUT2D eigenvalue weighted by atomic mass is 31.2. The number of unbranched alkanes of at least 4 members (excludes halogenated alkanes) is 8. The van der Waals surface area contributed by atoms with E-state index in [1.54, 1.807) is 0 Å². The fourth-order valence-electron chi connectivity index (χ4n) is 3.36. The highest BCUT2D eigenvalue weighted by Crippen LogP contribution is 2.43. The molecule has 0 aliphatic heterocycles. The van der Waals surface area contributed by atoms with Gasteiger partial charge in [0.15, 0.2) is 6.04 Å². The van der Waals surface area contributed by atoms with E-state index in [2.05, 4.69) is 45.6 Å². The maximum Gasteiger partial charge on any atom is 0.472 e. The molecule has 0 heterocycles. The molecule has 0 aliphatic rings. The van der Waals surface area contributed by atoms with E-state index in [-0.39, 0.29) is 12.8 Å². The number of esters is 1. The average molecular weight is 592 g/mol. The van der Waals surface area contributed by atoms with Gasteiger partial charge in [-0.1, -0.05) is 76.7 Å². The van der Waals surface area contributed by atoms with Crippen LogP contribution in [0.4, 0.5) is 0 Å². The largest absolute Gasteiger partial charge is 0.480 e. The molecule has 0 aromatic carbocycles. The highest BCUT2D eigenvalue weighted by molar-refractivity contribution is 7.47. The number of carboxylic acid groups (broad SMARTS) is 1. The van der Waals surface area contributed by atoms with Crippen LogP contribution in [0.1, 0.15) is 104 Å². The summed E-state index contributed by atoms with van der Waals surface area (Å²) in [5, 5.41) is 21.2. The number of carbonyl (C=O) groups excluding carboxylic acids is 2. The van der Waals surface area contributed by atoms with Crippen molar-refractivity contribution < 1.29 is 47.8 Å². The molecule has 3 unspecified atom stereocenters. The van der Waals surface area contributed by atoms with Gasteiger partial charge in [0, 0.05) is 12.8 Å². The number of hydrogen-bond donors (Lipinski definition) is 4. The number of phosphoric acid groups is 1. The van der Waals surface area contributed by atoms with Gasteiger partial charge in [0.05, 0.1) is 13.2 Å². The maximum atomic E-state index is 12.0. The molecule has 11 nitrogen and oxygen atoms in total. The number of ether oxygens (including phenoxy) is 1. The van der Waals surface area contributed by atoms with Crippen LogP contribution < -0.4 is 5.32 Å². The highest BCUT2D eigenvalue weighted by Gasteiger charge is 2.28. The van der Waals surface area contributed by atoms with Crippen LogP contribution in [0.3, 0.4) is 0 Å². The van der Waals surface area contributed by atoms with Gasteiger partial charge in [0.25, 0.3) is 0 Å². The Labute approximate surface area is 239 Å². The van der Waals surface area contributed by atoms with Crippen LogP contribution in [-0.2, 0) is 32.7 Å². The molecule has 0 aliphatic carbocycles. The lowest BCUT2D eigenvalue weighted by molar-refractivity contribution is -0.147. The first-order chi connectivity index (χ1) is 19.1. The zero-order valence-corrected chi connectivity index (χ0v) is 25.0. The molecule has 0 aromatic rings. The summed E-state index contributed by atoms with van der Waals surface area (Å²) >= 11 is 0. The number of phosphoric ester groups is 1. The first-order valence-electron chi connectivity index (χ1n) is 14.4. The number of carboxylic acids is 1. The van der Waals surface area contributed by atoms with Gasteiger partial charge in [-0.2, -0.15) is 0 Å². The third-order valence-electron chi connectivity index (χ3n) is 5.74. The zero-order valence-electron chi connectivity index (χ0n) is 24.1. The van der Waals surface area contributed by atoms with Crippen LogP contribution >= 0.6 is 7.82 Å². The summed E-state index contributed by atoms with van der Waals surface area (Å²) in [6, 6.07) is -1.54. The molecule has 232 valence electrons. The molecular weight excluding hydrogens is 541 g/mol. The summed E-state index contributed by atoms with van der Waals surface area (Å²) in [5.74, 6) is -2.44. The van der Waals surface area contributed by atoms with Crippen molar-refractivity contribution in [2.24, 2.45) is 0 Å². The normalized spacial score (nSPS) is 14.7. The van der Waals surface area contributed by atoms with Crippen LogP contribution in [0, 0.1) is 0 Å². The number of amides is 1. The number of hydrogen-bond acceptors (Lipinski definition) is 8. The second kappa shape index (κ2) is 24.7. The van der Waals surface area contributed by atoms with Crippen LogP contribution in [0.5, 0.6) is 0 Å². The molecular formula is C28H50NO10P. The van der Waals surface area contributed by atoms with Crippen molar-refractivity contribution >= 4 is 25.7 Å². The summed E-state index contributed by atoms with van der Waals surface area (Å²) < 4.78 is 26.2. The summed E-state index contributed by atoms with van der Waals surface area (Å²) in [7, 11) is -4.72.